The molecule has 0 aromatic heterocycles. The molecule has 28 heavy (non-hydrogen) atoms. The average molecular weight is 425 g/mol. The predicted molar refractivity (Wildman–Crippen MR) is 113 cm³/mol. The van der Waals surface area contributed by atoms with Gasteiger partial charge in [0.25, 0.3) is 0 Å². The number of carbonyl (C=O) groups is 1. The first-order valence-corrected chi connectivity index (χ1v) is 12.2. The fourth-order valence-electron chi connectivity index (χ4n) is 3.80. The molecule has 1 aliphatic heterocycles. The number of hydrogen-bond acceptors (Lipinski definition) is 6. The van der Waals surface area contributed by atoms with Gasteiger partial charge in [-0.1, -0.05) is 52.9 Å². The molecule has 9 heteroatoms. The van der Waals surface area contributed by atoms with E-state index in [1.54, 1.807) is 36.4 Å². The Labute approximate surface area is 167 Å². The summed E-state index contributed by atoms with van der Waals surface area (Å²) in [6, 6.07) is 12.6. The summed E-state index contributed by atoms with van der Waals surface area (Å²) in [5, 5.41) is 2.89. The van der Waals surface area contributed by atoms with Gasteiger partial charge in [-0.05, 0) is 49.2 Å². The summed E-state index contributed by atoms with van der Waals surface area (Å²) in [4.78, 5) is 12.6. The summed E-state index contributed by atoms with van der Waals surface area (Å²) >= 11 is 0. The molecule has 2 aromatic rings. The fraction of sp³-hybridized carbons (Fsp3) is 0.316. The summed E-state index contributed by atoms with van der Waals surface area (Å²) < 4.78 is 43.6. The third kappa shape index (κ3) is 3.28. The van der Waals surface area contributed by atoms with Gasteiger partial charge in [0.2, 0.25) is 5.91 Å². The van der Waals surface area contributed by atoms with E-state index in [2.05, 4.69) is 5.32 Å². The third-order valence-corrected chi connectivity index (χ3v) is 9.84. The van der Waals surface area contributed by atoms with Crippen molar-refractivity contribution in [3.05, 3.63) is 48.5 Å². The summed E-state index contributed by atoms with van der Waals surface area (Å²) in [5.41, 5.74) is 0.843. The first kappa shape index (κ1) is 19.6. The molecule has 0 saturated heterocycles. The van der Waals surface area contributed by atoms with Crippen LogP contribution in [0.1, 0.15) is 32.1 Å². The van der Waals surface area contributed by atoms with Crippen molar-refractivity contribution in [2.24, 2.45) is 5.92 Å². The van der Waals surface area contributed by atoms with Gasteiger partial charge < -0.3 is 5.32 Å². The van der Waals surface area contributed by atoms with Crippen molar-refractivity contribution >= 4 is 38.8 Å². The molecular weight excluding hydrogens is 400 g/mol. The molecule has 0 radical (unpaired) electrons. The van der Waals surface area contributed by atoms with E-state index in [0.717, 1.165) is 29.4 Å². The Morgan fingerprint density at radius 2 is 1.39 bits per heavy atom. The zero-order chi connectivity index (χ0) is 19.9. The fourth-order valence-corrected chi connectivity index (χ4v) is 8.49. The van der Waals surface area contributed by atoms with E-state index in [1.165, 1.54) is 18.6 Å². The van der Waals surface area contributed by atoms with E-state index in [0.29, 0.717) is 5.69 Å². The molecule has 1 fully saturated rings. The quantitative estimate of drug-likeness (QED) is 0.427. The number of nitrogens with zero attached hydrogens (tertiary/aromatic N) is 1. The van der Waals surface area contributed by atoms with Crippen molar-refractivity contribution in [2.75, 3.05) is 9.03 Å². The van der Waals surface area contributed by atoms with Crippen LogP contribution < -0.4 is 9.03 Å². The van der Waals surface area contributed by atoms with E-state index in [-0.39, 0.29) is 27.3 Å². The van der Waals surface area contributed by atoms with Gasteiger partial charge >= 0.3 is 0 Å². The minimum Gasteiger partial charge on any atom is -0.326 e. The maximum absolute atomic E-state index is 12.4. The molecule has 0 unspecified atom stereocenters. The number of nitrogens with one attached hydrogen (secondary N) is 1. The van der Waals surface area contributed by atoms with Gasteiger partial charge in [-0.25, -0.2) is 0 Å². The summed E-state index contributed by atoms with van der Waals surface area (Å²) in [6.45, 7) is 0. The summed E-state index contributed by atoms with van der Waals surface area (Å²) in [5.74, 6) is 0.0232. The molecule has 5 N–H and O–H groups in total. The van der Waals surface area contributed by atoms with Crippen LogP contribution in [0.3, 0.4) is 0 Å². The standard InChI is InChI=1S/C19H24N2O5S2/c22-19(14-6-2-1-3-7-14)20-15-10-12-16(13-11-15)21-27(23,24)17-8-4-5-9-18(17)28(21,25)26/h4-5,8-14,23-26H,1-3,6-7H2,(H,20,22). The molecule has 0 bridgehead atoms. The zero-order valence-electron chi connectivity index (χ0n) is 15.2. The molecule has 2 aliphatic rings. The van der Waals surface area contributed by atoms with Crippen LogP contribution in [0.5, 0.6) is 0 Å². The van der Waals surface area contributed by atoms with E-state index >= 15 is 0 Å². The molecule has 1 saturated carbocycles. The lowest BCUT2D eigenvalue weighted by Gasteiger charge is -2.45. The molecule has 7 nitrogen and oxygen atoms in total. The lowest BCUT2D eigenvalue weighted by Crippen LogP contribution is -2.25. The van der Waals surface area contributed by atoms with Crippen LogP contribution in [0.25, 0.3) is 0 Å². The van der Waals surface area contributed by atoms with Crippen LogP contribution in [0.4, 0.5) is 11.4 Å². The summed E-state index contributed by atoms with van der Waals surface area (Å²) in [6.07, 6.45) is 5.12. The van der Waals surface area contributed by atoms with E-state index in [9.17, 15) is 23.0 Å². The van der Waals surface area contributed by atoms with Gasteiger partial charge in [-0.3, -0.25) is 23.0 Å². The third-order valence-electron chi connectivity index (χ3n) is 5.22. The molecule has 1 amide bonds. The molecule has 152 valence electrons. The Morgan fingerprint density at radius 3 is 1.93 bits per heavy atom. The molecule has 0 atom stereocenters. The number of rotatable bonds is 3. The van der Waals surface area contributed by atoms with Crippen molar-refractivity contribution in [1.29, 1.82) is 0 Å². The lowest BCUT2D eigenvalue weighted by molar-refractivity contribution is -0.120. The van der Waals surface area contributed by atoms with E-state index in [4.69, 9.17) is 0 Å². The van der Waals surface area contributed by atoms with Crippen LogP contribution in [0.15, 0.2) is 58.3 Å². The zero-order valence-corrected chi connectivity index (χ0v) is 16.8. The van der Waals surface area contributed by atoms with Gasteiger partial charge in [-0.15, -0.1) is 0 Å². The van der Waals surface area contributed by atoms with Crippen molar-refractivity contribution in [3.8, 4) is 0 Å². The van der Waals surface area contributed by atoms with E-state index < -0.39 is 21.6 Å². The Bertz CT molecular complexity index is 847. The topological polar surface area (TPSA) is 113 Å². The second-order valence-electron chi connectivity index (χ2n) is 7.11. The number of fused-ring (bicyclic) bond motifs is 1. The number of carbonyl (C=O) groups excluding carboxylic acids is 1. The van der Waals surface area contributed by atoms with E-state index in [1.807, 2.05) is 0 Å². The van der Waals surface area contributed by atoms with Gasteiger partial charge in [0.15, 0.2) is 0 Å². The monoisotopic (exact) mass is 424 g/mol. The molecular formula is C19H24N2O5S2. The Kier molecular flexibility index (Phi) is 5.07. The van der Waals surface area contributed by atoms with Crippen LogP contribution in [0, 0.1) is 5.92 Å². The van der Waals surface area contributed by atoms with Gasteiger partial charge in [-0.2, -0.15) is 3.71 Å². The van der Waals surface area contributed by atoms with Gasteiger partial charge in [0.1, 0.15) is 9.79 Å². The van der Waals surface area contributed by atoms with Crippen molar-refractivity contribution in [3.63, 3.8) is 0 Å². The number of hydrogen-bond donors (Lipinski definition) is 5. The Hall–Kier alpha value is -1.75. The maximum Gasteiger partial charge on any atom is 0.227 e. The lowest BCUT2D eigenvalue weighted by atomic mass is 9.88. The van der Waals surface area contributed by atoms with Gasteiger partial charge in [0, 0.05) is 11.6 Å². The average Bonchev–Trinajstić information content (AvgIpc) is 2.85. The first-order valence-electron chi connectivity index (χ1n) is 9.19. The van der Waals surface area contributed by atoms with Crippen LogP contribution in [0.2, 0.25) is 0 Å². The van der Waals surface area contributed by atoms with Gasteiger partial charge in [0.05, 0.1) is 5.69 Å². The molecule has 4 rings (SSSR count). The van der Waals surface area contributed by atoms with Crippen LogP contribution >= 0.6 is 21.6 Å². The van der Waals surface area contributed by atoms with Crippen LogP contribution in [-0.4, -0.2) is 24.1 Å². The SMILES string of the molecule is O=C(Nc1ccc(N2S(O)(O)c3ccccc3S2(O)O)cc1)C1CCCCC1. The van der Waals surface area contributed by atoms with Crippen LogP contribution in [-0.2, 0) is 4.79 Å². The minimum absolute atomic E-state index is 0.00500. The number of amides is 1. The number of anilines is 2. The predicted octanol–water partition coefficient (Wildman–Crippen LogP) is 5.77. The second kappa shape index (κ2) is 7.25. The minimum atomic E-state index is -3.58. The first-order chi connectivity index (χ1) is 13.3. The summed E-state index contributed by atoms with van der Waals surface area (Å²) in [7, 11) is -7.15. The van der Waals surface area contributed by atoms with Crippen molar-refractivity contribution < 1.29 is 23.0 Å². The molecule has 0 spiro atoms. The normalized spacial score (nSPS) is 22.9. The Balaban J connectivity index is 1.56. The molecule has 1 aliphatic carbocycles. The Morgan fingerprint density at radius 1 is 0.857 bits per heavy atom. The highest BCUT2D eigenvalue weighted by molar-refractivity contribution is 8.44. The molecule has 2 aromatic carbocycles. The maximum atomic E-state index is 12.4. The largest absolute Gasteiger partial charge is 0.326 e. The second-order valence-corrected chi connectivity index (χ2v) is 11.0. The highest BCUT2D eigenvalue weighted by Gasteiger charge is 2.47. The molecule has 1 heterocycles. The number of benzene rings is 2. The van der Waals surface area contributed by atoms with Crippen molar-refractivity contribution in [1.82, 2.24) is 0 Å². The smallest absolute Gasteiger partial charge is 0.227 e. The highest BCUT2D eigenvalue weighted by Crippen LogP contribution is 2.77. The highest BCUT2D eigenvalue weighted by atomic mass is 32.4. The van der Waals surface area contributed by atoms with Crippen molar-refractivity contribution in [2.45, 2.75) is 41.9 Å².